The summed E-state index contributed by atoms with van der Waals surface area (Å²) < 4.78 is 26.9. The number of benzene rings is 1. The van der Waals surface area contributed by atoms with Crippen molar-refractivity contribution in [2.75, 3.05) is 0 Å². The van der Waals surface area contributed by atoms with Gasteiger partial charge in [-0.25, -0.2) is 8.78 Å². The Morgan fingerprint density at radius 1 is 1.33 bits per heavy atom. The van der Waals surface area contributed by atoms with E-state index in [1.807, 2.05) is 31.2 Å². The Morgan fingerprint density at radius 2 is 2.11 bits per heavy atom. The molecule has 1 aliphatic rings. The first-order chi connectivity index (χ1) is 8.58. The highest BCUT2D eigenvalue weighted by Crippen LogP contribution is 2.39. The third kappa shape index (κ3) is 2.06. The van der Waals surface area contributed by atoms with Crippen LogP contribution in [-0.4, -0.2) is 0 Å². The predicted octanol–water partition coefficient (Wildman–Crippen LogP) is 3.88. The summed E-state index contributed by atoms with van der Waals surface area (Å²) in [7, 11) is 0. The maximum Gasteiger partial charge on any atom is 0.130 e. The van der Waals surface area contributed by atoms with E-state index in [0.29, 0.717) is 12.0 Å². The summed E-state index contributed by atoms with van der Waals surface area (Å²) in [6, 6.07) is 5.70. The smallest absolute Gasteiger partial charge is 0.130 e. The van der Waals surface area contributed by atoms with Crippen molar-refractivity contribution in [3.63, 3.8) is 0 Å². The van der Waals surface area contributed by atoms with Gasteiger partial charge < -0.3 is 0 Å². The van der Waals surface area contributed by atoms with Gasteiger partial charge >= 0.3 is 0 Å². The van der Waals surface area contributed by atoms with Crippen LogP contribution in [0, 0.1) is 28.9 Å². The topological polar surface area (TPSA) is 23.8 Å². The third-order valence-electron chi connectivity index (χ3n) is 3.49. The van der Waals surface area contributed by atoms with Crippen molar-refractivity contribution in [2.24, 2.45) is 5.92 Å². The highest BCUT2D eigenvalue weighted by molar-refractivity contribution is 5.38. The van der Waals surface area contributed by atoms with Crippen LogP contribution in [0.3, 0.4) is 0 Å². The highest BCUT2D eigenvalue weighted by Gasteiger charge is 2.35. The first-order valence-electron chi connectivity index (χ1n) is 5.76. The predicted molar refractivity (Wildman–Crippen MR) is 65.7 cm³/mol. The number of nitriles is 1. The van der Waals surface area contributed by atoms with Crippen LogP contribution >= 0.6 is 0 Å². The molecule has 0 saturated heterocycles. The highest BCUT2D eigenvalue weighted by atomic mass is 19.1. The molecule has 0 N–H and O–H groups in total. The average Bonchev–Trinajstić information content (AvgIpc) is 2.32. The fourth-order valence-electron chi connectivity index (χ4n) is 2.37. The van der Waals surface area contributed by atoms with E-state index in [0.717, 1.165) is 6.07 Å². The monoisotopic (exact) mass is 245 g/mol. The molecule has 2 unspecified atom stereocenters. The molecule has 0 aromatic heterocycles. The molecule has 1 aromatic carbocycles. The molecule has 2 atom stereocenters. The van der Waals surface area contributed by atoms with E-state index in [4.69, 9.17) is 5.26 Å². The van der Waals surface area contributed by atoms with E-state index in [2.05, 4.69) is 6.07 Å². The largest absolute Gasteiger partial charge is 0.207 e. The number of hydrogen-bond acceptors (Lipinski definition) is 1. The molecule has 1 aliphatic carbocycles. The molecule has 0 amide bonds. The van der Waals surface area contributed by atoms with Crippen molar-refractivity contribution in [2.45, 2.75) is 18.8 Å². The molecule has 0 saturated carbocycles. The summed E-state index contributed by atoms with van der Waals surface area (Å²) in [6.07, 6.45) is 7.74. The second-order valence-corrected chi connectivity index (χ2v) is 4.62. The maximum absolute atomic E-state index is 13.9. The van der Waals surface area contributed by atoms with Crippen LogP contribution < -0.4 is 0 Å². The Balaban J connectivity index is 2.49. The zero-order valence-electron chi connectivity index (χ0n) is 10.0. The first kappa shape index (κ1) is 12.5. The minimum atomic E-state index is -0.609. The van der Waals surface area contributed by atoms with Gasteiger partial charge in [0.15, 0.2) is 0 Å². The Bertz CT molecular complexity index is 554. The van der Waals surface area contributed by atoms with E-state index < -0.39 is 17.0 Å². The molecule has 1 nitrogen and oxygen atoms in total. The zero-order valence-corrected chi connectivity index (χ0v) is 10.0. The van der Waals surface area contributed by atoms with Gasteiger partial charge in [-0.1, -0.05) is 37.3 Å². The minimum absolute atomic E-state index is 0.104. The lowest BCUT2D eigenvalue weighted by Crippen LogP contribution is -2.31. The van der Waals surface area contributed by atoms with Crippen molar-refractivity contribution in [1.82, 2.24) is 0 Å². The lowest BCUT2D eigenvalue weighted by molar-refractivity contribution is 0.409. The zero-order chi connectivity index (χ0) is 13.2. The van der Waals surface area contributed by atoms with Gasteiger partial charge in [-0.05, 0) is 11.6 Å². The van der Waals surface area contributed by atoms with Crippen LogP contribution in [0.2, 0.25) is 0 Å². The van der Waals surface area contributed by atoms with Crippen LogP contribution in [-0.2, 0) is 5.41 Å². The minimum Gasteiger partial charge on any atom is -0.207 e. The molecule has 2 rings (SSSR count). The van der Waals surface area contributed by atoms with Crippen LogP contribution in [0.1, 0.15) is 18.9 Å². The van der Waals surface area contributed by atoms with E-state index in [1.165, 1.54) is 12.1 Å². The second kappa shape index (κ2) is 4.73. The molecule has 0 spiro atoms. The fraction of sp³-hybridized carbons (Fsp3) is 0.267. The summed E-state index contributed by atoms with van der Waals surface area (Å²) >= 11 is 0. The van der Waals surface area contributed by atoms with Gasteiger partial charge in [-0.2, -0.15) is 5.26 Å². The Kier molecular flexibility index (Phi) is 3.29. The summed E-state index contributed by atoms with van der Waals surface area (Å²) in [5.74, 6) is -1.26. The molecule has 0 radical (unpaired) electrons. The summed E-state index contributed by atoms with van der Waals surface area (Å²) in [5.41, 5.74) is -0.188. The number of halogens is 2. The van der Waals surface area contributed by atoms with Gasteiger partial charge in [0.05, 0.1) is 6.07 Å². The normalized spacial score (nSPS) is 26.0. The number of rotatable bonds is 2. The van der Waals surface area contributed by atoms with E-state index in [-0.39, 0.29) is 5.92 Å². The quantitative estimate of drug-likeness (QED) is 0.775. The number of nitrogens with zero attached hydrogens (tertiary/aromatic N) is 1. The van der Waals surface area contributed by atoms with Gasteiger partial charge in [-0.3, -0.25) is 0 Å². The van der Waals surface area contributed by atoms with E-state index in [1.54, 1.807) is 0 Å². The molecule has 18 heavy (non-hydrogen) atoms. The fourth-order valence-corrected chi connectivity index (χ4v) is 2.37. The Hall–Kier alpha value is -1.95. The van der Waals surface area contributed by atoms with Gasteiger partial charge in [-0.15, -0.1) is 0 Å². The van der Waals surface area contributed by atoms with Gasteiger partial charge in [0.25, 0.3) is 0 Å². The lowest BCUT2D eigenvalue weighted by atomic mass is 9.68. The average molecular weight is 245 g/mol. The van der Waals surface area contributed by atoms with E-state index in [9.17, 15) is 8.78 Å². The van der Waals surface area contributed by atoms with Crippen LogP contribution in [0.15, 0.2) is 42.5 Å². The van der Waals surface area contributed by atoms with Crippen molar-refractivity contribution in [3.05, 3.63) is 59.7 Å². The van der Waals surface area contributed by atoms with Gasteiger partial charge in [0.1, 0.15) is 11.6 Å². The molecule has 0 aliphatic heterocycles. The summed E-state index contributed by atoms with van der Waals surface area (Å²) in [4.78, 5) is 0. The SMILES string of the molecule is CC1(c2ccc(F)cc2F)C=CC=CC1CC#N. The van der Waals surface area contributed by atoms with Gasteiger partial charge in [0, 0.05) is 23.8 Å². The number of allylic oxidation sites excluding steroid dienone is 4. The molecular weight excluding hydrogens is 232 g/mol. The van der Waals surface area contributed by atoms with Crippen molar-refractivity contribution in [1.29, 1.82) is 5.26 Å². The Morgan fingerprint density at radius 3 is 2.78 bits per heavy atom. The van der Waals surface area contributed by atoms with Crippen molar-refractivity contribution in [3.8, 4) is 6.07 Å². The van der Waals surface area contributed by atoms with Crippen LogP contribution in [0.4, 0.5) is 8.78 Å². The second-order valence-electron chi connectivity index (χ2n) is 4.62. The standard InChI is InChI=1S/C15H13F2N/c1-15(8-3-2-4-11(15)7-9-18)13-6-5-12(16)10-14(13)17/h2-6,8,10-11H,7H2,1H3. The van der Waals surface area contributed by atoms with Crippen molar-refractivity contribution >= 4 is 0 Å². The third-order valence-corrected chi connectivity index (χ3v) is 3.49. The lowest BCUT2D eigenvalue weighted by Gasteiger charge is -2.34. The maximum atomic E-state index is 13.9. The van der Waals surface area contributed by atoms with Crippen LogP contribution in [0.25, 0.3) is 0 Å². The van der Waals surface area contributed by atoms with Gasteiger partial charge in [0.2, 0.25) is 0 Å². The molecule has 0 fully saturated rings. The molecule has 3 heteroatoms. The molecular formula is C15H13F2N. The molecule has 0 bridgehead atoms. The van der Waals surface area contributed by atoms with Crippen LogP contribution in [0.5, 0.6) is 0 Å². The summed E-state index contributed by atoms with van der Waals surface area (Å²) in [5, 5.41) is 8.85. The molecule has 92 valence electrons. The Labute approximate surface area is 105 Å². The molecule has 0 heterocycles. The summed E-state index contributed by atoms with van der Waals surface area (Å²) in [6.45, 7) is 1.87. The van der Waals surface area contributed by atoms with Crippen molar-refractivity contribution < 1.29 is 8.78 Å². The first-order valence-corrected chi connectivity index (χ1v) is 5.76. The molecule has 1 aromatic rings. The number of hydrogen-bond donors (Lipinski definition) is 0. The van der Waals surface area contributed by atoms with E-state index >= 15 is 0 Å².